The third-order valence-electron chi connectivity index (χ3n) is 2.67. The van der Waals surface area contributed by atoms with E-state index in [0.29, 0.717) is 24.8 Å². The van der Waals surface area contributed by atoms with Crippen molar-refractivity contribution in [1.82, 2.24) is 5.32 Å². The van der Waals surface area contributed by atoms with Crippen LogP contribution in [0.2, 0.25) is 0 Å². The maximum Gasteiger partial charge on any atom is 0.224 e. The molecular weight excluding hydrogens is 264 g/mol. The van der Waals surface area contributed by atoms with E-state index in [-0.39, 0.29) is 11.9 Å². The third kappa shape index (κ3) is 7.34. The zero-order valence-electron chi connectivity index (χ0n) is 13.3. The first-order valence-corrected chi connectivity index (χ1v) is 7.32. The van der Waals surface area contributed by atoms with Crippen molar-refractivity contribution in [2.45, 2.75) is 46.7 Å². The van der Waals surface area contributed by atoms with Gasteiger partial charge in [-0.15, -0.1) is 0 Å². The Bertz CT molecular complexity index is 495. The van der Waals surface area contributed by atoms with Crippen LogP contribution in [0.3, 0.4) is 0 Å². The second-order valence-electron chi connectivity index (χ2n) is 5.85. The molecule has 0 atom stereocenters. The number of anilines is 1. The fourth-order valence-electron chi connectivity index (χ4n) is 1.85. The zero-order valence-corrected chi connectivity index (χ0v) is 13.3. The molecule has 0 saturated heterocycles. The second kappa shape index (κ2) is 8.29. The average Bonchev–Trinajstić information content (AvgIpc) is 2.35. The summed E-state index contributed by atoms with van der Waals surface area (Å²) < 4.78 is 0. The van der Waals surface area contributed by atoms with E-state index >= 15 is 0 Å². The first-order chi connectivity index (χ1) is 9.86. The van der Waals surface area contributed by atoms with Gasteiger partial charge in [-0.05, 0) is 37.5 Å². The minimum atomic E-state index is 0.0339. The van der Waals surface area contributed by atoms with Gasteiger partial charge in [0.1, 0.15) is 0 Å². The summed E-state index contributed by atoms with van der Waals surface area (Å²) in [6.45, 7) is 8.55. The van der Waals surface area contributed by atoms with Crippen LogP contribution in [0.25, 0.3) is 0 Å². The topological polar surface area (TPSA) is 79.5 Å². The molecule has 4 N–H and O–H groups in total. The average molecular weight is 290 g/mol. The zero-order chi connectivity index (χ0) is 15.8. The molecule has 1 aromatic carbocycles. The summed E-state index contributed by atoms with van der Waals surface area (Å²) in [5.41, 5.74) is 7.57. The lowest BCUT2D eigenvalue weighted by Gasteiger charge is -2.10. The van der Waals surface area contributed by atoms with Gasteiger partial charge in [-0.3, -0.25) is 4.79 Å². The summed E-state index contributed by atoms with van der Waals surface area (Å²) in [5, 5.41) is 5.94. The minimum absolute atomic E-state index is 0.0339. The van der Waals surface area contributed by atoms with Crippen molar-refractivity contribution in [2.24, 2.45) is 16.6 Å². The highest BCUT2D eigenvalue weighted by Gasteiger charge is 2.05. The smallest absolute Gasteiger partial charge is 0.224 e. The fourth-order valence-corrected chi connectivity index (χ4v) is 1.85. The minimum Gasteiger partial charge on any atom is -0.370 e. The lowest BCUT2D eigenvalue weighted by molar-refractivity contribution is -0.116. The number of aliphatic imine (C=N–C) groups is 1. The molecule has 0 bridgehead atoms. The number of rotatable bonds is 6. The van der Waals surface area contributed by atoms with Crippen LogP contribution in [0, 0.1) is 5.92 Å². The Balaban J connectivity index is 2.62. The number of amides is 1. The van der Waals surface area contributed by atoms with Crippen molar-refractivity contribution >= 4 is 17.6 Å². The van der Waals surface area contributed by atoms with Crippen molar-refractivity contribution in [1.29, 1.82) is 0 Å². The molecule has 0 aromatic heterocycles. The molecule has 0 unspecified atom stereocenters. The quantitative estimate of drug-likeness (QED) is 0.556. The fraction of sp³-hybridized carbons (Fsp3) is 0.500. The van der Waals surface area contributed by atoms with Crippen molar-refractivity contribution < 1.29 is 4.79 Å². The van der Waals surface area contributed by atoms with Gasteiger partial charge in [-0.25, -0.2) is 4.99 Å². The number of carbonyl (C=O) groups is 1. The van der Waals surface area contributed by atoms with Gasteiger partial charge in [-0.2, -0.15) is 0 Å². The number of benzene rings is 1. The first-order valence-electron chi connectivity index (χ1n) is 7.32. The molecule has 21 heavy (non-hydrogen) atoms. The lowest BCUT2D eigenvalue weighted by atomic mass is 10.1. The largest absolute Gasteiger partial charge is 0.370 e. The maximum atomic E-state index is 11.8. The Morgan fingerprint density at radius 1 is 1.29 bits per heavy atom. The Morgan fingerprint density at radius 2 is 2.00 bits per heavy atom. The molecule has 116 valence electrons. The molecule has 0 aliphatic rings. The second-order valence-corrected chi connectivity index (χ2v) is 5.85. The highest BCUT2D eigenvalue weighted by molar-refractivity contribution is 5.90. The normalized spacial score (nSPS) is 11.8. The number of carbonyl (C=O) groups excluding carboxylic acids is 1. The van der Waals surface area contributed by atoms with E-state index in [1.807, 2.05) is 52.0 Å². The molecule has 5 heteroatoms. The Labute approximate surface area is 127 Å². The Kier molecular flexibility index (Phi) is 6.72. The molecule has 0 saturated carbocycles. The maximum absolute atomic E-state index is 11.8. The summed E-state index contributed by atoms with van der Waals surface area (Å²) in [7, 11) is 0. The number of nitrogens with zero attached hydrogens (tertiary/aromatic N) is 1. The molecule has 0 aliphatic carbocycles. The van der Waals surface area contributed by atoms with Crippen LogP contribution in [0.4, 0.5) is 5.69 Å². The number of guanidine groups is 1. The van der Waals surface area contributed by atoms with Gasteiger partial charge in [0.25, 0.3) is 0 Å². The molecule has 0 heterocycles. The van der Waals surface area contributed by atoms with Gasteiger partial charge >= 0.3 is 0 Å². The summed E-state index contributed by atoms with van der Waals surface area (Å²) in [4.78, 5) is 16.0. The number of nitrogens with two attached hydrogens (primary N) is 1. The molecule has 5 nitrogen and oxygen atoms in total. The standard InChI is InChI=1S/C16H26N4O/c1-11(2)8-15(21)20-14-7-5-6-13(9-14)10-18-16(17)19-12(3)4/h5-7,9,11-12H,8,10H2,1-4H3,(H,20,21)(H3,17,18,19). The van der Waals surface area contributed by atoms with Gasteiger partial charge in [0.2, 0.25) is 5.91 Å². The van der Waals surface area contributed by atoms with Gasteiger partial charge in [-0.1, -0.05) is 26.0 Å². The molecule has 0 spiro atoms. The van der Waals surface area contributed by atoms with Crippen LogP contribution in [-0.4, -0.2) is 17.9 Å². The molecule has 1 rings (SSSR count). The SMILES string of the molecule is CC(C)CC(=O)Nc1cccc(CN=C(N)NC(C)C)c1. The molecule has 0 fully saturated rings. The van der Waals surface area contributed by atoms with Crippen LogP contribution in [-0.2, 0) is 11.3 Å². The Hall–Kier alpha value is -2.04. The van der Waals surface area contributed by atoms with Crippen LogP contribution in [0.5, 0.6) is 0 Å². The predicted octanol–water partition coefficient (Wildman–Crippen LogP) is 2.48. The van der Waals surface area contributed by atoms with Crippen molar-refractivity contribution in [3.8, 4) is 0 Å². The van der Waals surface area contributed by atoms with Crippen LogP contribution in [0.1, 0.15) is 39.7 Å². The molecule has 0 radical (unpaired) electrons. The summed E-state index contributed by atoms with van der Waals surface area (Å²) in [5.74, 6) is 0.811. The molecule has 0 aliphatic heterocycles. The number of hydrogen-bond donors (Lipinski definition) is 3. The van der Waals surface area contributed by atoms with Crippen LogP contribution in [0.15, 0.2) is 29.3 Å². The Morgan fingerprint density at radius 3 is 2.62 bits per heavy atom. The van der Waals surface area contributed by atoms with Crippen molar-refractivity contribution in [2.75, 3.05) is 5.32 Å². The first kappa shape index (κ1) is 17.0. The van der Waals surface area contributed by atoms with E-state index in [4.69, 9.17) is 5.73 Å². The third-order valence-corrected chi connectivity index (χ3v) is 2.67. The predicted molar refractivity (Wildman–Crippen MR) is 88.1 cm³/mol. The number of nitrogens with one attached hydrogen (secondary N) is 2. The van der Waals surface area contributed by atoms with Gasteiger partial charge in [0.15, 0.2) is 5.96 Å². The van der Waals surface area contributed by atoms with E-state index in [1.165, 1.54) is 0 Å². The van der Waals surface area contributed by atoms with Gasteiger partial charge in [0, 0.05) is 18.2 Å². The lowest BCUT2D eigenvalue weighted by Crippen LogP contribution is -2.36. The molecule has 1 aromatic rings. The summed E-state index contributed by atoms with van der Waals surface area (Å²) >= 11 is 0. The van der Waals surface area contributed by atoms with Gasteiger partial charge in [0.05, 0.1) is 6.54 Å². The van der Waals surface area contributed by atoms with Crippen LogP contribution < -0.4 is 16.4 Å². The van der Waals surface area contributed by atoms with E-state index in [1.54, 1.807) is 0 Å². The molecular formula is C16H26N4O. The monoisotopic (exact) mass is 290 g/mol. The van der Waals surface area contributed by atoms with Crippen molar-refractivity contribution in [3.63, 3.8) is 0 Å². The van der Waals surface area contributed by atoms with E-state index in [9.17, 15) is 4.79 Å². The summed E-state index contributed by atoms with van der Waals surface area (Å²) in [6, 6.07) is 7.92. The van der Waals surface area contributed by atoms with Crippen molar-refractivity contribution in [3.05, 3.63) is 29.8 Å². The van der Waals surface area contributed by atoms with Gasteiger partial charge < -0.3 is 16.4 Å². The van der Waals surface area contributed by atoms with E-state index in [2.05, 4.69) is 15.6 Å². The summed E-state index contributed by atoms with van der Waals surface area (Å²) in [6.07, 6.45) is 0.521. The van der Waals surface area contributed by atoms with E-state index < -0.39 is 0 Å². The highest BCUT2D eigenvalue weighted by Crippen LogP contribution is 2.13. The molecule has 1 amide bonds. The number of hydrogen-bond acceptors (Lipinski definition) is 2. The van der Waals surface area contributed by atoms with Crippen LogP contribution >= 0.6 is 0 Å². The highest BCUT2D eigenvalue weighted by atomic mass is 16.1. The van der Waals surface area contributed by atoms with E-state index in [0.717, 1.165) is 11.3 Å².